The van der Waals surface area contributed by atoms with Gasteiger partial charge in [0.05, 0.1) is 5.56 Å². The number of benzene rings is 2. The zero-order valence-corrected chi connectivity index (χ0v) is 11.4. The van der Waals surface area contributed by atoms with E-state index in [0.717, 1.165) is 5.56 Å². The Kier molecular flexibility index (Phi) is 4.23. The molecule has 5 heteroatoms. The van der Waals surface area contributed by atoms with E-state index >= 15 is 0 Å². The highest BCUT2D eigenvalue weighted by molar-refractivity contribution is 5.96. The van der Waals surface area contributed by atoms with Crippen LogP contribution in [0.5, 0.6) is 5.75 Å². The minimum atomic E-state index is -1.15. The maximum Gasteiger partial charge on any atom is 0.339 e. The molecule has 0 unspecified atom stereocenters. The third-order valence-corrected chi connectivity index (χ3v) is 3.09. The van der Waals surface area contributed by atoms with Crippen molar-refractivity contribution in [2.24, 2.45) is 0 Å². The summed E-state index contributed by atoms with van der Waals surface area (Å²) in [5.41, 5.74) is 1.16. The van der Waals surface area contributed by atoms with Gasteiger partial charge in [-0.3, -0.25) is 0 Å². The van der Waals surface area contributed by atoms with Crippen LogP contribution in [0.4, 0.5) is 0 Å². The van der Waals surface area contributed by atoms with Crippen molar-refractivity contribution >= 4 is 11.9 Å². The number of carboxylic acid groups (broad SMARTS) is 2. The summed E-state index contributed by atoms with van der Waals surface area (Å²) in [7, 11) is 0. The molecule has 0 saturated carbocycles. The Morgan fingerprint density at radius 2 is 1.52 bits per heavy atom. The summed E-state index contributed by atoms with van der Waals surface area (Å²) in [6.45, 7) is 1.71. The maximum absolute atomic E-state index is 11.2. The van der Waals surface area contributed by atoms with Crippen LogP contribution in [0.15, 0.2) is 42.5 Å². The summed E-state index contributed by atoms with van der Waals surface area (Å²) < 4.78 is 5.56. The molecule has 2 aromatic rings. The molecule has 0 radical (unpaired) electrons. The molecule has 108 valence electrons. The van der Waals surface area contributed by atoms with Gasteiger partial charge in [0.25, 0.3) is 0 Å². The maximum atomic E-state index is 11.2. The Balaban J connectivity index is 2.37. The molecular weight excluding hydrogens is 272 g/mol. The van der Waals surface area contributed by atoms with Gasteiger partial charge >= 0.3 is 11.9 Å². The summed E-state index contributed by atoms with van der Waals surface area (Å²) in [5.74, 6) is -2.18. The van der Waals surface area contributed by atoms with Gasteiger partial charge in [0.15, 0.2) is 0 Å². The fraction of sp³-hybridized carbons (Fsp3) is 0.125. The van der Waals surface area contributed by atoms with Gasteiger partial charge in [0.1, 0.15) is 17.9 Å². The van der Waals surface area contributed by atoms with Gasteiger partial charge in [-0.25, -0.2) is 9.59 Å². The first-order valence-electron chi connectivity index (χ1n) is 6.27. The predicted molar refractivity (Wildman–Crippen MR) is 75.9 cm³/mol. The highest BCUT2D eigenvalue weighted by Crippen LogP contribution is 2.28. The number of carboxylic acids is 2. The molecular formula is C16H14O5. The Labute approximate surface area is 121 Å². The number of hydrogen-bond acceptors (Lipinski definition) is 3. The Hall–Kier alpha value is -2.82. The zero-order valence-electron chi connectivity index (χ0n) is 11.4. The number of hydrogen-bond donors (Lipinski definition) is 2. The van der Waals surface area contributed by atoms with E-state index in [2.05, 4.69) is 0 Å². The quantitative estimate of drug-likeness (QED) is 0.882. The second-order valence-electron chi connectivity index (χ2n) is 4.50. The zero-order chi connectivity index (χ0) is 15.4. The van der Waals surface area contributed by atoms with E-state index < -0.39 is 11.9 Å². The monoisotopic (exact) mass is 286 g/mol. The Bertz CT molecular complexity index is 677. The van der Waals surface area contributed by atoms with Crippen LogP contribution in [0.3, 0.4) is 0 Å². The summed E-state index contributed by atoms with van der Waals surface area (Å²) in [4.78, 5) is 22.4. The summed E-state index contributed by atoms with van der Waals surface area (Å²) >= 11 is 0. The van der Waals surface area contributed by atoms with Gasteiger partial charge in [-0.1, -0.05) is 30.3 Å². The topological polar surface area (TPSA) is 83.8 Å². The smallest absolute Gasteiger partial charge is 0.339 e. The number of rotatable bonds is 5. The van der Waals surface area contributed by atoms with Crippen molar-refractivity contribution in [2.75, 3.05) is 0 Å². The van der Waals surface area contributed by atoms with Gasteiger partial charge in [-0.05, 0) is 24.6 Å². The average Bonchev–Trinajstić information content (AvgIpc) is 2.46. The van der Waals surface area contributed by atoms with Crippen molar-refractivity contribution in [3.05, 3.63) is 64.7 Å². The van der Waals surface area contributed by atoms with Crippen LogP contribution in [0.1, 0.15) is 31.8 Å². The molecule has 0 bridgehead atoms. The first-order chi connectivity index (χ1) is 10.0. The first kappa shape index (κ1) is 14.6. The molecule has 5 nitrogen and oxygen atoms in total. The van der Waals surface area contributed by atoms with Crippen molar-refractivity contribution in [3.8, 4) is 5.75 Å². The lowest BCUT2D eigenvalue weighted by Gasteiger charge is -2.14. The molecule has 2 aromatic carbocycles. The molecule has 0 heterocycles. The second-order valence-corrected chi connectivity index (χ2v) is 4.50. The number of carbonyl (C=O) groups is 2. The van der Waals surface area contributed by atoms with E-state index in [-0.39, 0.29) is 23.5 Å². The van der Waals surface area contributed by atoms with Gasteiger partial charge in [0.2, 0.25) is 0 Å². The third kappa shape index (κ3) is 3.20. The lowest BCUT2D eigenvalue weighted by molar-refractivity contribution is 0.0675. The Morgan fingerprint density at radius 1 is 0.952 bits per heavy atom. The minimum absolute atomic E-state index is 0.0306. The molecule has 21 heavy (non-hydrogen) atoms. The fourth-order valence-electron chi connectivity index (χ4n) is 2.01. The molecule has 2 N–H and O–H groups in total. The van der Waals surface area contributed by atoms with Gasteiger partial charge in [-0.15, -0.1) is 0 Å². The number of ether oxygens (including phenoxy) is 1. The van der Waals surface area contributed by atoms with Crippen LogP contribution in [-0.2, 0) is 6.61 Å². The van der Waals surface area contributed by atoms with Crippen LogP contribution in [0.2, 0.25) is 0 Å². The largest absolute Gasteiger partial charge is 0.488 e. The highest BCUT2D eigenvalue weighted by atomic mass is 16.5. The van der Waals surface area contributed by atoms with Crippen molar-refractivity contribution in [1.82, 2.24) is 0 Å². The minimum Gasteiger partial charge on any atom is -0.488 e. The number of aromatic carboxylic acids is 2. The molecule has 0 aliphatic rings. The fourth-order valence-corrected chi connectivity index (χ4v) is 2.01. The van der Waals surface area contributed by atoms with E-state index in [0.29, 0.717) is 5.56 Å². The summed E-state index contributed by atoms with van der Waals surface area (Å²) in [6, 6.07) is 11.8. The van der Waals surface area contributed by atoms with Gasteiger partial charge < -0.3 is 14.9 Å². The van der Waals surface area contributed by atoms with E-state index in [1.54, 1.807) is 0 Å². The Morgan fingerprint density at radius 3 is 2.10 bits per heavy atom. The van der Waals surface area contributed by atoms with Gasteiger partial charge in [-0.2, -0.15) is 0 Å². The van der Waals surface area contributed by atoms with Gasteiger partial charge in [0, 0.05) is 5.56 Å². The van der Waals surface area contributed by atoms with Crippen molar-refractivity contribution in [1.29, 1.82) is 0 Å². The van der Waals surface area contributed by atoms with Crippen LogP contribution >= 0.6 is 0 Å². The molecule has 0 aliphatic carbocycles. The molecule has 0 atom stereocenters. The van der Waals surface area contributed by atoms with E-state index in [9.17, 15) is 14.7 Å². The van der Waals surface area contributed by atoms with E-state index in [4.69, 9.17) is 9.84 Å². The summed E-state index contributed by atoms with van der Waals surface area (Å²) in [5, 5.41) is 18.3. The highest BCUT2D eigenvalue weighted by Gasteiger charge is 2.19. The SMILES string of the molecule is Cc1c(C(=O)O)ccc(C(=O)O)c1OCc1ccccc1. The lowest BCUT2D eigenvalue weighted by atomic mass is 10.0. The van der Waals surface area contributed by atoms with E-state index in [1.807, 2.05) is 30.3 Å². The van der Waals surface area contributed by atoms with Crippen LogP contribution in [0, 0.1) is 6.92 Å². The summed E-state index contributed by atoms with van der Waals surface area (Å²) in [6.07, 6.45) is 0. The molecule has 0 fully saturated rings. The second kappa shape index (κ2) is 6.09. The molecule has 0 amide bonds. The molecule has 0 aromatic heterocycles. The van der Waals surface area contributed by atoms with Crippen molar-refractivity contribution < 1.29 is 24.5 Å². The first-order valence-corrected chi connectivity index (χ1v) is 6.27. The normalized spacial score (nSPS) is 10.1. The van der Waals surface area contributed by atoms with Crippen LogP contribution in [0.25, 0.3) is 0 Å². The van der Waals surface area contributed by atoms with E-state index in [1.165, 1.54) is 19.1 Å². The molecule has 0 spiro atoms. The van der Waals surface area contributed by atoms with Crippen LogP contribution in [-0.4, -0.2) is 22.2 Å². The van der Waals surface area contributed by atoms with Crippen molar-refractivity contribution in [2.45, 2.75) is 13.5 Å². The molecule has 0 saturated heterocycles. The van der Waals surface area contributed by atoms with Crippen molar-refractivity contribution in [3.63, 3.8) is 0 Å². The van der Waals surface area contributed by atoms with Crippen LogP contribution < -0.4 is 4.74 Å². The molecule has 0 aliphatic heterocycles. The lowest BCUT2D eigenvalue weighted by Crippen LogP contribution is -2.09. The third-order valence-electron chi connectivity index (χ3n) is 3.09. The molecule has 2 rings (SSSR count). The average molecular weight is 286 g/mol. The predicted octanol–water partition coefficient (Wildman–Crippen LogP) is 2.97. The standard InChI is InChI=1S/C16H14O5/c1-10-12(15(17)18)7-8-13(16(19)20)14(10)21-9-11-5-3-2-4-6-11/h2-8H,9H2,1H3,(H,17,18)(H,19,20).